The van der Waals surface area contributed by atoms with Crippen molar-refractivity contribution in [3.8, 4) is 0 Å². The van der Waals surface area contributed by atoms with Crippen molar-refractivity contribution >= 4 is 15.9 Å². The van der Waals surface area contributed by atoms with Gasteiger partial charge in [-0.1, -0.05) is 35.0 Å². The van der Waals surface area contributed by atoms with Gasteiger partial charge in [0.15, 0.2) is 0 Å². The maximum atomic E-state index is 5.45. The van der Waals surface area contributed by atoms with E-state index in [1.165, 1.54) is 5.56 Å². The maximum absolute atomic E-state index is 5.45. The number of nitrogens with one attached hydrogen (secondary N) is 1. The quantitative estimate of drug-likeness (QED) is 0.700. The summed E-state index contributed by atoms with van der Waals surface area (Å²) in [6, 6.07) is 9.05. The van der Waals surface area contributed by atoms with E-state index in [4.69, 9.17) is 4.74 Å². The molecule has 1 aromatic rings. The summed E-state index contributed by atoms with van der Waals surface area (Å²) in [6.07, 6.45) is 3.27. The molecule has 0 saturated heterocycles. The van der Waals surface area contributed by atoms with E-state index >= 15 is 0 Å². The summed E-state index contributed by atoms with van der Waals surface area (Å²) in [4.78, 5) is 0. The zero-order valence-electron chi connectivity index (χ0n) is 11.4. The molecule has 0 fully saturated rings. The summed E-state index contributed by atoms with van der Waals surface area (Å²) in [7, 11) is 0. The molecule has 102 valence electrons. The highest BCUT2D eigenvalue weighted by Crippen LogP contribution is 2.11. The molecule has 3 heteroatoms. The van der Waals surface area contributed by atoms with Crippen LogP contribution in [-0.4, -0.2) is 25.8 Å². The minimum Gasteiger partial charge on any atom is -0.381 e. The van der Waals surface area contributed by atoms with Crippen LogP contribution in [-0.2, 0) is 11.2 Å². The van der Waals surface area contributed by atoms with Crippen LogP contribution in [0.1, 0.15) is 32.3 Å². The summed E-state index contributed by atoms with van der Waals surface area (Å²) in [5.41, 5.74) is 1.38. The first-order valence-corrected chi connectivity index (χ1v) is 7.57. The van der Waals surface area contributed by atoms with Gasteiger partial charge in [0.1, 0.15) is 0 Å². The lowest BCUT2D eigenvalue weighted by atomic mass is 10.1. The Morgan fingerprint density at radius 1 is 1.22 bits per heavy atom. The Bertz CT molecular complexity index is 313. The van der Waals surface area contributed by atoms with E-state index < -0.39 is 0 Å². The molecule has 0 bridgehead atoms. The molecule has 0 aliphatic heterocycles. The van der Waals surface area contributed by atoms with Gasteiger partial charge in [0.05, 0.1) is 0 Å². The van der Waals surface area contributed by atoms with Crippen molar-refractivity contribution in [2.24, 2.45) is 0 Å². The summed E-state index contributed by atoms with van der Waals surface area (Å²) >= 11 is 3.45. The zero-order chi connectivity index (χ0) is 13.2. The fourth-order valence-electron chi connectivity index (χ4n) is 1.82. The van der Waals surface area contributed by atoms with E-state index in [2.05, 4.69) is 59.4 Å². The third kappa shape index (κ3) is 7.14. The van der Waals surface area contributed by atoms with Crippen molar-refractivity contribution in [2.75, 3.05) is 19.8 Å². The molecule has 1 unspecified atom stereocenters. The fourth-order valence-corrected chi connectivity index (χ4v) is 2.08. The highest BCUT2D eigenvalue weighted by molar-refractivity contribution is 9.10. The monoisotopic (exact) mass is 313 g/mol. The molecule has 0 aliphatic rings. The van der Waals surface area contributed by atoms with Crippen molar-refractivity contribution < 1.29 is 4.74 Å². The molecule has 0 spiro atoms. The molecule has 1 atom stereocenters. The standard InChI is InChI=1S/C15H24BrNO/c1-3-10-18-11-4-9-17-13(2)12-14-5-7-15(16)8-6-14/h5-8,13,17H,3-4,9-12H2,1-2H3. The van der Waals surface area contributed by atoms with Gasteiger partial charge in [-0.25, -0.2) is 0 Å². The van der Waals surface area contributed by atoms with Gasteiger partial charge in [-0.3, -0.25) is 0 Å². The predicted octanol–water partition coefficient (Wildman–Crippen LogP) is 3.79. The van der Waals surface area contributed by atoms with E-state index in [9.17, 15) is 0 Å². The normalized spacial score (nSPS) is 12.6. The van der Waals surface area contributed by atoms with Gasteiger partial charge in [-0.05, 0) is 50.4 Å². The van der Waals surface area contributed by atoms with Crippen molar-refractivity contribution in [3.63, 3.8) is 0 Å². The largest absolute Gasteiger partial charge is 0.381 e. The van der Waals surface area contributed by atoms with Crippen LogP contribution < -0.4 is 5.32 Å². The SMILES string of the molecule is CCCOCCCNC(C)Cc1ccc(Br)cc1. The van der Waals surface area contributed by atoms with Gasteiger partial charge in [-0.2, -0.15) is 0 Å². The van der Waals surface area contributed by atoms with Crippen LogP contribution in [0.25, 0.3) is 0 Å². The lowest BCUT2D eigenvalue weighted by Gasteiger charge is -2.14. The summed E-state index contributed by atoms with van der Waals surface area (Å²) < 4.78 is 6.59. The van der Waals surface area contributed by atoms with Crippen molar-refractivity contribution in [1.29, 1.82) is 0 Å². The summed E-state index contributed by atoms with van der Waals surface area (Å²) in [6.45, 7) is 7.15. The third-order valence-corrected chi connectivity index (χ3v) is 3.29. The van der Waals surface area contributed by atoms with Crippen LogP contribution in [0.4, 0.5) is 0 Å². The Kier molecular flexibility index (Phi) is 8.31. The molecule has 1 rings (SSSR count). The summed E-state index contributed by atoms with van der Waals surface area (Å²) in [5.74, 6) is 0. The van der Waals surface area contributed by atoms with E-state index in [-0.39, 0.29) is 0 Å². The molecular weight excluding hydrogens is 290 g/mol. The first kappa shape index (κ1) is 15.7. The average molecular weight is 314 g/mol. The molecule has 0 aromatic heterocycles. The van der Waals surface area contributed by atoms with Crippen molar-refractivity contribution in [3.05, 3.63) is 34.3 Å². The molecule has 18 heavy (non-hydrogen) atoms. The Morgan fingerprint density at radius 2 is 1.94 bits per heavy atom. The number of halogens is 1. The molecule has 0 radical (unpaired) electrons. The highest BCUT2D eigenvalue weighted by atomic mass is 79.9. The Labute approximate surface area is 119 Å². The van der Waals surface area contributed by atoms with Gasteiger partial charge in [-0.15, -0.1) is 0 Å². The molecule has 0 heterocycles. The van der Waals surface area contributed by atoms with Crippen LogP contribution in [0.5, 0.6) is 0 Å². The number of rotatable bonds is 9. The van der Waals surface area contributed by atoms with Crippen molar-refractivity contribution in [1.82, 2.24) is 5.32 Å². The molecule has 2 nitrogen and oxygen atoms in total. The Balaban J connectivity index is 2.10. The van der Waals surface area contributed by atoms with Crippen LogP contribution >= 0.6 is 15.9 Å². The Morgan fingerprint density at radius 3 is 2.61 bits per heavy atom. The van der Waals surface area contributed by atoms with E-state index in [0.29, 0.717) is 6.04 Å². The van der Waals surface area contributed by atoms with Gasteiger partial charge in [0.25, 0.3) is 0 Å². The number of hydrogen-bond acceptors (Lipinski definition) is 2. The number of hydrogen-bond donors (Lipinski definition) is 1. The lowest BCUT2D eigenvalue weighted by Crippen LogP contribution is -2.29. The van der Waals surface area contributed by atoms with Crippen LogP contribution in [0.15, 0.2) is 28.7 Å². The van der Waals surface area contributed by atoms with Gasteiger partial charge >= 0.3 is 0 Å². The number of ether oxygens (including phenoxy) is 1. The van der Waals surface area contributed by atoms with E-state index in [1.807, 2.05) is 0 Å². The van der Waals surface area contributed by atoms with Crippen LogP contribution in [0, 0.1) is 0 Å². The van der Waals surface area contributed by atoms with Gasteiger partial charge in [0, 0.05) is 23.7 Å². The molecule has 1 aromatic carbocycles. The van der Waals surface area contributed by atoms with Gasteiger partial charge in [0.2, 0.25) is 0 Å². The zero-order valence-corrected chi connectivity index (χ0v) is 13.0. The van der Waals surface area contributed by atoms with Crippen LogP contribution in [0.3, 0.4) is 0 Å². The maximum Gasteiger partial charge on any atom is 0.0478 e. The second-order valence-corrected chi connectivity index (χ2v) is 5.57. The predicted molar refractivity (Wildman–Crippen MR) is 81.0 cm³/mol. The minimum atomic E-state index is 0.511. The molecule has 1 N–H and O–H groups in total. The smallest absolute Gasteiger partial charge is 0.0478 e. The number of benzene rings is 1. The first-order valence-electron chi connectivity index (χ1n) is 6.78. The second-order valence-electron chi connectivity index (χ2n) is 4.65. The van der Waals surface area contributed by atoms with Crippen LogP contribution in [0.2, 0.25) is 0 Å². The molecule has 0 saturated carbocycles. The van der Waals surface area contributed by atoms with E-state index in [1.54, 1.807) is 0 Å². The van der Waals surface area contributed by atoms with E-state index in [0.717, 1.165) is 43.5 Å². The third-order valence-electron chi connectivity index (χ3n) is 2.76. The first-order chi connectivity index (χ1) is 8.72. The fraction of sp³-hybridized carbons (Fsp3) is 0.600. The minimum absolute atomic E-state index is 0.511. The second kappa shape index (κ2) is 9.54. The highest BCUT2D eigenvalue weighted by Gasteiger charge is 2.02. The topological polar surface area (TPSA) is 21.3 Å². The average Bonchev–Trinajstić information content (AvgIpc) is 2.36. The summed E-state index contributed by atoms with van der Waals surface area (Å²) in [5, 5.41) is 3.53. The van der Waals surface area contributed by atoms with Crippen molar-refractivity contribution in [2.45, 2.75) is 39.2 Å². The Hall–Kier alpha value is -0.380. The molecule has 0 amide bonds. The lowest BCUT2D eigenvalue weighted by molar-refractivity contribution is 0.132. The molecule has 0 aliphatic carbocycles. The molecular formula is C15H24BrNO. The van der Waals surface area contributed by atoms with Gasteiger partial charge < -0.3 is 10.1 Å².